The number of phosphoric acid groups is 6. The Balaban J connectivity index is 4.18. The highest BCUT2D eigenvalue weighted by atomic mass is 31.2. The Hall–Kier alpha value is -2.57. The Morgan fingerprint density at radius 3 is 0.978 bits per heavy atom. The molecule has 0 fully saturated rings. The number of halogens is 2. The van der Waals surface area contributed by atoms with Crippen LogP contribution in [0.5, 0.6) is 0 Å². The molecule has 0 aliphatic heterocycles. The van der Waals surface area contributed by atoms with Crippen LogP contribution < -0.4 is 16.4 Å². The van der Waals surface area contributed by atoms with Crippen molar-refractivity contribution >= 4 is 54.5 Å². The maximum Gasteiger partial charge on any atom is 0.527 e. The lowest BCUT2D eigenvalue weighted by Crippen LogP contribution is -2.26. The summed E-state index contributed by atoms with van der Waals surface area (Å²) in [4.78, 5) is 109. The lowest BCUT2D eigenvalue weighted by atomic mass is 9.96. The molecule has 0 saturated carbocycles. The van der Waals surface area contributed by atoms with Gasteiger partial charge in [0.05, 0.1) is 52.9 Å². The van der Waals surface area contributed by atoms with Crippen LogP contribution in [0.1, 0.15) is 12.8 Å². The van der Waals surface area contributed by atoms with Gasteiger partial charge in [-0.2, -0.15) is 11.1 Å². The molecule has 11 N–H and O–H groups in total. The van der Waals surface area contributed by atoms with Crippen LogP contribution in [0.2, 0.25) is 0 Å². The van der Waals surface area contributed by atoms with E-state index in [1.54, 1.807) is 7.05 Å². The minimum absolute atomic E-state index is 0.118. The van der Waals surface area contributed by atoms with Gasteiger partial charge in [-0.3, -0.25) is 50.9 Å². The lowest BCUT2D eigenvalue weighted by Gasteiger charge is -2.22. The van der Waals surface area contributed by atoms with E-state index in [4.69, 9.17) is 28.3 Å². The van der Waals surface area contributed by atoms with Crippen LogP contribution in [-0.4, -0.2) is 152 Å². The molecule has 0 aliphatic rings. The Morgan fingerprint density at radius 1 is 0.348 bits per heavy atom. The van der Waals surface area contributed by atoms with Crippen LogP contribution in [0.3, 0.4) is 0 Å². The molecule has 0 aliphatic carbocycles. The summed E-state index contributed by atoms with van der Waals surface area (Å²) in [6, 6.07) is 0. The van der Waals surface area contributed by atoms with Crippen LogP contribution in [-0.2, 0) is 186 Å². The average molecular weight is 1470 g/mol. The standard InChI is InChI=1S/C30H62F2N3O47P7/c1-33-21-28(3-4-29(22-34-31)25-68-87(45,46)64-18-10-55-76-80-72-52-6-14-60-84(38,39)40)24-67-86(43,44)63-17-9-56-77-81-73-53-7-15-61-85(41,42)62-16-8-54-74-82-78-58-12-20-66-89(49,50)70-27-30(23-35-32)26-69-88(47,48)65-19-11-57-75-79-71-51-5-13-59-83(2,36)37/h5,7,10,12-13,15,18,20,28-30,33-35H,3-4,6,8-9,11,14,16-17,19,21-27H2,1-2H3,(H,36,37)(H,41,42)(H,43,44)(H,45,46)(H,47,48)(H,49,50)(H2,38,39,40)/b13-5+,15-7-,18-10+,20-12+. The normalized spacial score (nSPS) is 17.5. The molecule has 0 radical (unpaired) electrons. The molecule has 0 aromatic rings. The molecule has 0 bridgehead atoms. The molecule has 9 atom stereocenters. The summed E-state index contributed by atoms with van der Waals surface area (Å²) in [6.45, 7) is -7.21. The number of nitrogens with one attached hydrogen (secondary N) is 3. The van der Waals surface area contributed by atoms with Gasteiger partial charge in [-0.15, -0.1) is 8.96 Å². The van der Waals surface area contributed by atoms with Gasteiger partial charge in [0, 0.05) is 66.0 Å². The summed E-state index contributed by atoms with van der Waals surface area (Å²) in [5.41, 5.74) is 2.60. The lowest BCUT2D eigenvalue weighted by molar-refractivity contribution is -0.700. The topological polar surface area (TPSA) is 613 Å². The Kier molecular flexibility index (Phi) is 50.3. The van der Waals surface area contributed by atoms with Crippen LogP contribution in [0.15, 0.2) is 50.1 Å². The van der Waals surface area contributed by atoms with E-state index in [0.717, 1.165) is 6.66 Å². The summed E-state index contributed by atoms with van der Waals surface area (Å²) in [5, 5.41) is 50.3. The molecule has 59 heteroatoms. The van der Waals surface area contributed by atoms with Gasteiger partial charge >= 0.3 is 54.5 Å². The zero-order valence-corrected chi connectivity index (χ0v) is 51.5. The van der Waals surface area contributed by atoms with Crippen molar-refractivity contribution in [2.75, 3.05) is 113 Å². The number of hydrogen-bond donors (Lipinski definition) is 11. The van der Waals surface area contributed by atoms with Gasteiger partial charge in [0.15, 0.2) is 25.0 Å². The third kappa shape index (κ3) is 60.1. The van der Waals surface area contributed by atoms with E-state index in [9.17, 15) is 65.4 Å². The number of phosphoric ester groups is 6. The Labute approximate surface area is 497 Å². The van der Waals surface area contributed by atoms with E-state index < -0.39 is 152 Å². The van der Waals surface area contributed by atoms with Crippen molar-refractivity contribution in [3.05, 3.63) is 50.1 Å². The molecule has 0 heterocycles. The summed E-state index contributed by atoms with van der Waals surface area (Å²) in [6.07, 6.45) is 4.38. The average Bonchev–Trinajstić information content (AvgIpc) is 3.60. The van der Waals surface area contributed by atoms with Crippen molar-refractivity contribution in [2.24, 2.45) is 17.8 Å². The minimum Gasteiger partial charge on any atom is -0.429 e. The molecular formula is C30H62F2N3O47P7. The van der Waals surface area contributed by atoms with E-state index in [-0.39, 0.29) is 32.5 Å². The van der Waals surface area contributed by atoms with Gasteiger partial charge in [-0.25, -0.2) is 51.5 Å². The molecule has 50 nitrogen and oxygen atoms in total. The van der Waals surface area contributed by atoms with E-state index in [2.05, 4.69) is 146 Å². The Morgan fingerprint density at radius 2 is 0.640 bits per heavy atom. The first-order valence-electron chi connectivity index (χ1n) is 23.0. The quantitative estimate of drug-likeness (QED) is 0.0104. The predicted octanol–water partition coefficient (Wildman–Crippen LogP) is 2.25. The molecule has 0 aromatic heterocycles. The minimum atomic E-state index is -4.94. The fraction of sp³-hybridized carbons (Fsp3) is 0.733. The van der Waals surface area contributed by atoms with Crippen molar-refractivity contribution < 1.29 is 234 Å². The van der Waals surface area contributed by atoms with E-state index in [0.29, 0.717) is 50.1 Å². The van der Waals surface area contributed by atoms with Gasteiger partial charge in [-0.05, 0) is 58.4 Å². The molecule has 9 unspecified atom stereocenters. The highest BCUT2D eigenvalue weighted by molar-refractivity contribution is 7.52. The second-order valence-corrected chi connectivity index (χ2v) is 24.7. The predicted molar refractivity (Wildman–Crippen MR) is 258 cm³/mol. The summed E-state index contributed by atoms with van der Waals surface area (Å²) >= 11 is 0. The van der Waals surface area contributed by atoms with Crippen molar-refractivity contribution in [1.29, 1.82) is 0 Å². The van der Waals surface area contributed by atoms with Crippen molar-refractivity contribution in [3.8, 4) is 0 Å². The van der Waals surface area contributed by atoms with Crippen LogP contribution in [0.4, 0.5) is 8.96 Å². The SMILES string of the molecule is CNCC(CCC(CNF)COP(=O)(O)O/C=C/OOOOOCCOP(=O)(O)O)COP(=O)(O)OCCOOOOO/C=C\OP(=O)(O)OCCOOOOO/C=C/OP(=O)(O)OCC(CNF)COP(=O)(O)OCCOOOOO/C=C/OP(C)(=O)O. The van der Waals surface area contributed by atoms with Gasteiger partial charge in [-0.1, -0.05) is 0 Å². The van der Waals surface area contributed by atoms with E-state index in [1.165, 1.54) is 11.1 Å². The van der Waals surface area contributed by atoms with Crippen molar-refractivity contribution in [1.82, 2.24) is 16.4 Å². The molecule has 0 spiro atoms. The third-order valence-electron chi connectivity index (χ3n) is 7.65. The fourth-order valence-electron chi connectivity index (χ4n) is 4.30. The van der Waals surface area contributed by atoms with E-state index >= 15 is 0 Å². The van der Waals surface area contributed by atoms with Gasteiger partial charge in [0.2, 0.25) is 0 Å². The third-order valence-corrected chi connectivity index (χ3v) is 13.3. The maximum atomic E-state index is 13.0. The zero-order chi connectivity index (χ0) is 66.7. The molecule has 0 rings (SSSR count). The smallest absolute Gasteiger partial charge is 0.429 e. The second kappa shape index (κ2) is 51.8. The summed E-state index contributed by atoms with van der Waals surface area (Å²) in [7, 11) is -31.0. The van der Waals surface area contributed by atoms with Gasteiger partial charge < -0.3 is 67.4 Å². The molecule has 0 amide bonds. The van der Waals surface area contributed by atoms with Crippen molar-refractivity contribution in [2.45, 2.75) is 12.8 Å². The first-order chi connectivity index (χ1) is 42.0. The molecular weight excluding hydrogens is 1410 g/mol. The first kappa shape index (κ1) is 86.4. The number of rotatable bonds is 65. The van der Waals surface area contributed by atoms with Crippen LogP contribution in [0.25, 0.3) is 0 Å². The summed E-state index contributed by atoms with van der Waals surface area (Å²) < 4.78 is 162. The summed E-state index contributed by atoms with van der Waals surface area (Å²) in [5.74, 6) is -2.45. The molecule has 0 saturated heterocycles. The van der Waals surface area contributed by atoms with Crippen LogP contribution in [0, 0.1) is 17.8 Å². The van der Waals surface area contributed by atoms with Crippen LogP contribution >= 0.6 is 54.5 Å². The Bertz CT molecular complexity index is 2260. The van der Waals surface area contributed by atoms with Gasteiger partial charge in [0.1, 0.15) is 51.5 Å². The molecule has 0 aromatic carbocycles. The first-order valence-corrected chi connectivity index (χ1v) is 34.0. The second-order valence-electron chi connectivity index (χ2n) is 14.6. The maximum absolute atomic E-state index is 13.0. The monoisotopic (exact) mass is 1470 g/mol. The van der Waals surface area contributed by atoms with E-state index in [1.807, 2.05) is 0 Å². The highest BCUT2D eigenvalue weighted by Gasteiger charge is 2.29. The molecule has 528 valence electrons. The number of hydrogen-bond acceptors (Lipinski definition) is 42. The zero-order valence-electron chi connectivity index (χ0n) is 45.3. The van der Waals surface area contributed by atoms with Crippen molar-refractivity contribution in [3.63, 3.8) is 0 Å². The molecule has 89 heavy (non-hydrogen) atoms. The van der Waals surface area contributed by atoms with Gasteiger partial charge in [0.25, 0.3) is 0 Å². The largest absolute Gasteiger partial charge is 0.527 e. The highest BCUT2D eigenvalue weighted by Crippen LogP contribution is 2.47. The fourth-order valence-corrected chi connectivity index (χ4v) is 8.34.